The van der Waals surface area contributed by atoms with E-state index in [1.807, 2.05) is 31.2 Å². The summed E-state index contributed by atoms with van der Waals surface area (Å²) >= 11 is 0. The van der Waals surface area contributed by atoms with Crippen LogP contribution in [0.1, 0.15) is 96.1 Å². The number of unbranched alkanes of at least 4 members (excludes halogenated alkanes) is 1. The number of carbonyl (C=O) groups is 10. The molecule has 0 spiro atoms. The Morgan fingerprint density at radius 3 is 1.99 bits per heavy atom. The maximum atomic E-state index is 14.5. The van der Waals surface area contributed by atoms with E-state index in [4.69, 9.17) is 16.9 Å². The van der Waals surface area contributed by atoms with Crippen LogP contribution in [0, 0.1) is 5.41 Å². The van der Waals surface area contributed by atoms with Crippen molar-refractivity contribution in [2.24, 2.45) is 11.5 Å². The average Bonchev–Trinajstić information content (AvgIpc) is 3.76. The molecule has 0 unspecified atom stereocenters. The standard InChI is InChI=1S/C50H72N14O10/c1-4-5-16-35(58-30(3)66)44(69)61-38-20-21-42(67)55-25-22-39(48(73)63-40(43(51)68)27-32-28-57-34-17-10-9-15-33(32)34)62-45(70)36(19-12-24-56-50(52)53)60-49(74)41(26-31-13-7-6-8-14-31)64-46(71)37(59-47(38)72)18-11-23-54-29(2)65/h6-10,13-15,17,28,35-41,57H,4-5,11-12,16,18-27H2,1-3H3,(H2,51,68)(H,54,65)(H,55,67)(H,58,66)(H,59,72)(H,60,74)(H,61,69)(H,62,70)(H,63,73)(H,64,71)(H4,52,53,56)/t35-,36-,37-,38-,39-,40-,41+/m0/s1. The summed E-state index contributed by atoms with van der Waals surface area (Å²) in [6, 6.07) is 6.62. The number of aromatic amines is 1. The van der Waals surface area contributed by atoms with Crippen LogP contribution in [0.2, 0.25) is 0 Å². The molecule has 74 heavy (non-hydrogen) atoms. The van der Waals surface area contributed by atoms with Crippen molar-refractivity contribution < 1.29 is 47.9 Å². The van der Waals surface area contributed by atoms with Gasteiger partial charge in [0.25, 0.3) is 0 Å². The van der Waals surface area contributed by atoms with Crippen molar-refractivity contribution >= 4 is 75.9 Å². The third-order valence-corrected chi connectivity index (χ3v) is 12.2. The van der Waals surface area contributed by atoms with Crippen LogP contribution < -0.4 is 64.6 Å². The molecule has 16 N–H and O–H groups in total. The summed E-state index contributed by atoms with van der Waals surface area (Å²) in [7, 11) is 0. The Bertz CT molecular complexity index is 2450. The lowest BCUT2D eigenvalue weighted by molar-refractivity contribution is -0.136. The van der Waals surface area contributed by atoms with Gasteiger partial charge in [-0.25, -0.2) is 0 Å². The van der Waals surface area contributed by atoms with Gasteiger partial charge in [0.15, 0.2) is 5.96 Å². The van der Waals surface area contributed by atoms with E-state index in [1.54, 1.807) is 36.5 Å². The zero-order chi connectivity index (χ0) is 54.2. The van der Waals surface area contributed by atoms with E-state index >= 15 is 0 Å². The molecule has 24 nitrogen and oxygen atoms in total. The third-order valence-electron chi connectivity index (χ3n) is 12.2. The fourth-order valence-corrected chi connectivity index (χ4v) is 8.25. The van der Waals surface area contributed by atoms with Gasteiger partial charge in [-0.05, 0) is 62.1 Å². The number of hydrogen-bond donors (Lipinski definition) is 14. The number of H-pyrrole nitrogens is 1. The van der Waals surface area contributed by atoms with E-state index in [0.29, 0.717) is 24.0 Å². The summed E-state index contributed by atoms with van der Waals surface area (Å²) < 4.78 is 0. The Morgan fingerprint density at radius 2 is 1.34 bits per heavy atom. The number of nitrogens with one attached hydrogen (secondary N) is 12. The fraction of sp³-hybridized carbons (Fsp3) is 0.500. The molecule has 0 aliphatic carbocycles. The van der Waals surface area contributed by atoms with Crippen molar-refractivity contribution in [2.75, 3.05) is 19.6 Å². The number of fused-ring (bicyclic) bond motifs is 1. The second-order valence-electron chi connectivity index (χ2n) is 18.2. The Morgan fingerprint density at radius 1 is 0.716 bits per heavy atom. The Balaban J connectivity index is 1.76. The molecule has 1 saturated heterocycles. The molecule has 1 aliphatic rings. The Hall–Kier alpha value is -8.05. The number of carbonyl (C=O) groups excluding carboxylic acids is 10. The predicted molar refractivity (Wildman–Crippen MR) is 274 cm³/mol. The van der Waals surface area contributed by atoms with Crippen LogP contribution in [0.3, 0.4) is 0 Å². The van der Waals surface area contributed by atoms with Gasteiger partial charge in [0.2, 0.25) is 59.1 Å². The Kier molecular flexibility index (Phi) is 23.8. The minimum Gasteiger partial charge on any atom is -0.370 e. The molecule has 1 aliphatic heterocycles. The summed E-state index contributed by atoms with van der Waals surface area (Å²) in [6.45, 7) is 4.44. The number of rotatable bonds is 21. The number of hydrogen-bond acceptors (Lipinski definition) is 11. The monoisotopic (exact) mass is 1030 g/mol. The topological polar surface area (TPSA) is 383 Å². The van der Waals surface area contributed by atoms with Crippen LogP contribution in [0.15, 0.2) is 60.8 Å². The van der Waals surface area contributed by atoms with Crippen molar-refractivity contribution in [1.82, 2.24) is 58.2 Å². The van der Waals surface area contributed by atoms with Crippen LogP contribution in [0.4, 0.5) is 0 Å². The van der Waals surface area contributed by atoms with Crippen LogP contribution in [0.25, 0.3) is 10.9 Å². The molecule has 24 heteroatoms. The minimum absolute atomic E-state index is 0.0234. The SMILES string of the molecule is CCCC[C@H](NC(C)=O)C(=O)N[C@H]1CCC(=O)NCC[C@@H](C(=O)N[C@@H](Cc2c[nH]c3ccccc23)C(N)=O)NC(=O)[C@H](CCCNC(=N)N)NC(=O)[C@@H](Cc2ccccc2)NC(=O)[C@H](CCCNC(C)=O)NC1=O. The fourth-order valence-electron chi connectivity index (χ4n) is 8.25. The van der Waals surface area contributed by atoms with E-state index in [2.05, 4.69) is 58.2 Å². The second-order valence-corrected chi connectivity index (χ2v) is 18.2. The molecule has 0 radical (unpaired) electrons. The number of amides is 10. The number of nitrogens with two attached hydrogens (primary N) is 2. The van der Waals surface area contributed by atoms with Crippen LogP contribution in [-0.4, -0.2) is 132 Å². The summed E-state index contributed by atoms with van der Waals surface area (Å²) in [5.74, 6) is -7.61. The van der Waals surface area contributed by atoms with Gasteiger partial charge in [0.05, 0.1) is 0 Å². The van der Waals surface area contributed by atoms with Gasteiger partial charge >= 0.3 is 0 Å². The van der Waals surface area contributed by atoms with Gasteiger partial charge < -0.3 is 69.6 Å². The minimum atomic E-state index is -1.45. The molecule has 402 valence electrons. The molecule has 3 aromatic rings. The van der Waals surface area contributed by atoms with Crippen molar-refractivity contribution in [3.05, 3.63) is 71.9 Å². The first-order valence-electron chi connectivity index (χ1n) is 24.9. The maximum Gasteiger partial charge on any atom is 0.243 e. The first kappa shape index (κ1) is 58.5. The number of benzene rings is 2. The molecule has 0 bridgehead atoms. The summed E-state index contributed by atoms with van der Waals surface area (Å²) in [4.78, 5) is 139. The van der Waals surface area contributed by atoms with E-state index in [1.165, 1.54) is 13.8 Å². The van der Waals surface area contributed by atoms with Crippen molar-refractivity contribution in [2.45, 2.75) is 140 Å². The lowest BCUT2D eigenvalue weighted by atomic mass is 10.0. The highest BCUT2D eigenvalue weighted by atomic mass is 16.2. The summed E-state index contributed by atoms with van der Waals surface area (Å²) in [5, 5.41) is 35.0. The quantitative estimate of drug-likeness (QED) is 0.0330. The molecule has 7 atom stereocenters. The van der Waals surface area contributed by atoms with E-state index in [9.17, 15) is 47.9 Å². The Labute approximate surface area is 429 Å². The molecule has 10 amide bonds. The smallest absolute Gasteiger partial charge is 0.243 e. The molecule has 1 fully saturated rings. The first-order chi connectivity index (χ1) is 35.3. The van der Waals surface area contributed by atoms with E-state index in [-0.39, 0.29) is 95.7 Å². The molecular weight excluding hydrogens is 957 g/mol. The molecule has 2 aromatic carbocycles. The van der Waals surface area contributed by atoms with Crippen LogP contribution in [0.5, 0.6) is 0 Å². The van der Waals surface area contributed by atoms with Crippen LogP contribution >= 0.6 is 0 Å². The van der Waals surface area contributed by atoms with Gasteiger partial charge in [-0.3, -0.25) is 53.4 Å². The van der Waals surface area contributed by atoms with E-state index in [0.717, 1.165) is 10.9 Å². The second kappa shape index (κ2) is 30.1. The van der Waals surface area contributed by atoms with Gasteiger partial charge in [0, 0.05) is 69.8 Å². The van der Waals surface area contributed by atoms with E-state index < -0.39 is 95.5 Å². The maximum absolute atomic E-state index is 14.5. The molecule has 4 rings (SSSR count). The molecule has 1 aromatic heterocycles. The summed E-state index contributed by atoms with van der Waals surface area (Å²) in [6.07, 6.45) is 2.30. The summed E-state index contributed by atoms with van der Waals surface area (Å²) in [5.41, 5.74) is 13.4. The van der Waals surface area contributed by atoms with Crippen molar-refractivity contribution in [3.8, 4) is 0 Å². The largest absolute Gasteiger partial charge is 0.370 e. The van der Waals surface area contributed by atoms with Gasteiger partial charge in [-0.2, -0.15) is 0 Å². The van der Waals surface area contributed by atoms with Crippen LogP contribution in [-0.2, 0) is 60.8 Å². The highest BCUT2D eigenvalue weighted by Crippen LogP contribution is 2.19. The predicted octanol–water partition coefficient (Wildman–Crippen LogP) is -1.48. The lowest BCUT2D eigenvalue weighted by Gasteiger charge is -2.28. The molecular formula is C50H72N14O10. The third kappa shape index (κ3) is 19.9. The molecule has 2 heterocycles. The van der Waals surface area contributed by atoms with Gasteiger partial charge in [-0.15, -0.1) is 0 Å². The van der Waals surface area contributed by atoms with Gasteiger partial charge in [0.1, 0.15) is 42.3 Å². The average molecular weight is 1030 g/mol. The molecule has 0 saturated carbocycles. The number of para-hydroxylation sites is 1. The zero-order valence-corrected chi connectivity index (χ0v) is 42.2. The van der Waals surface area contributed by atoms with Crippen molar-refractivity contribution in [3.63, 3.8) is 0 Å². The van der Waals surface area contributed by atoms with Gasteiger partial charge in [-0.1, -0.05) is 68.3 Å². The van der Waals surface area contributed by atoms with Crippen molar-refractivity contribution in [1.29, 1.82) is 5.41 Å². The number of primary amides is 1. The first-order valence-corrected chi connectivity index (χ1v) is 24.9. The lowest BCUT2D eigenvalue weighted by Crippen LogP contribution is -2.60. The highest BCUT2D eigenvalue weighted by Gasteiger charge is 2.35. The normalized spacial score (nSPS) is 20.0. The highest BCUT2D eigenvalue weighted by molar-refractivity contribution is 5.98. The number of guanidine groups is 1. The number of aromatic nitrogens is 1. The zero-order valence-electron chi connectivity index (χ0n) is 42.2.